The van der Waals surface area contributed by atoms with Gasteiger partial charge in [-0.05, 0) is 48.9 Å². The number of nitrogens with zero attached hydrogens (tertiary/aromatic N) is 2. The van der Waals surface area contributed by atoms with Crippen molar-refractivity contribution >= 4 is 27.4 Å². The predicted octanol–water partition coefficient (Wildman–Crippen LogP) is 3.49. The van der Waals surface area contributed by atoms with Crippen molar-refractivity contribution < 1.29 is 22.0 Å². The highest BCUT2D eigenvalue weighted by Crippen LogP contribution is 2.27. The molecule has 0 saturated heterocycles. The molecule has 0 aliphatic heterocycles. The zero-order valence-corrected chi connectivity index (χ0v) is 16.2. The second-order valence-corrected chi connectivity index (χ2v) is 7.80. The zero-order valence-electron chi connectivity index (χ0n) is 15.4. The van der Waals surface area contributed by atoms with Gasteiger partial charge in [0.25, 0.3) is 10.0 Å². The lowest BCUT2D eigenvalue weighted by Crippen LogP contribution is -2.16. The van der Waals surface area contributed by atoms with Crippen LogP contribution in [0.5, 0.6) is 0 Å². The molecule has 0 fully saturated rings. The van der Waals surface area contributed by atoms with Gasteiger partial charge in [-0.2, -0.15) is 0 Å². The summed E-state index contributed by atoms with van der Waals surface area (Å²) in [6, 6.07) is 6.93. The summed E-state index contributed by atoms with van der Waals surface area (Å²) in [6.45, 7) is 2.92. The number of anilines is 2. The number of nitrogens with one attached hydrogen (secondary N) is 2. The van der Waals surface area contributed by atoms with Gasteiger partial charge in [0.1, 0.15) is 22.3 Å². The maximum Gasteiger partial charge on any atom is 0.264 e. The molecule has 3 aromatic rings. The summed E-state index contributed by atoms with van der Waals surface area (Å²) in [4.78, 5) is 18.6. The molecule has 0 aliphatic rings. The predicted molar refractivity (Wildman–Crippen MR) is 104 cm³/mol. The van der Waals surface area contributed by atoms with Gasteiger partial charge < -0.3 is 5.32 Å². The van der Waals surface area contributed by atoms with Gasteiger partial charge in [0.2, 0.25) is 5.91 Å². The van der Waals surface area contributed by atoms with Gasteiger partial charge in [-0.25, -0.2) is 22.2 Å². The van der Waals surface area contributed by atoms with E-state index in [1.165, 1.54) is 25.4 Å². The van der Waals surface area contributed by atoms with Crippen LogP contribution in [0.4, 0.5) is 20.3 Å². The molecule has 0 atom stereocenters. The fourth-order valence-corrected chi connectivity index (χ4v) is 3.73. The molecule has 2 heterocycles. The van der Waals surface area contributed by atoms with E-state index in [1.807, 2.05) is 0 Å². The molecule has 10 heteroatoms. The molecule has 2 aromatic heterocycles. The fourth-order valence-electron chi connectivity index (χ4n) is 2.54. The van der Waals surface area contributed by atoms with E-state index < -0.39 is 26.6 Å². The number of hydrogen-bond acceptors (Lipinski definition) is 5. The van der Waals surface area contributed by atoms with Gasteiger partial charge in [0, 0.05) is 24.9 Å². The first-order chi connectivity index (χ1) is 13.7. The molecule has 3 rings (SSSR count). The van der Waals surface area contributed by atoms with Crippen LogP contribution in [-0.4, -0.2) is 24.3 Å². The van der Waals surface area contributed by atoms with Crippen molar-refractivity contribution in [3.8, 4) is 11.1 Å². The standard InChI is InChI=1S/C19H16F2N4O3S/c1-11-17(25-29(27,28)18-9-15(20)3-4-16(18)21)7-14(10-23-11)13-5-6-22-19(8-13)24-12(2)26/h3-10,25H,1-2H3,(H,22,24,26). The van der Waals surface area contributed by atoms with Crippen LogP contribution in [-0.2, 0) is 14.8 Å². The molecule has 0 saturated carbocycles. The second-order valence-electron chi connectivity index (χ2n) is 6.15. The van der Waals surface area contributed by atoms with Crippen molar-refractivity contribution in [2.45, 2.75) is 18.7 Å². The lowest BCUT2D eigenvalue weighted by atomic mass is 10.1. The molecule has 150 valence electrons. The SMILES string of the molecule is CC(=O)Nc1cc(-c2cnc(C)c(NS(=O)(=O)c3cc(F)ccc3F)c2)ccn1. The van der Waals surface area contributed by atoms with Crippen molar-refractivity contribution in [3.05, 3.63) is 66.1 Å². The first kappa shape index (κ1) is 20.3. The van der Waals surface area contributed by atoms with Gasteiger partial charge in [0.05, 0.1) is 11.4 Å². The number of amides is 1. The van der Waals surface area contributed by atoms with Gasteiger partial charge >= 0.3 is 0 Å². The Labute approximate surface area is 165 Å². The topological polar surface area (TPSA) is 101 Å². The molecule has 1 aromatic carbocycles. The summed E-state index contributed by atoms with van der Waals surface area (Å²) >= 11 is 0. The van der Waals surface area contributed by atoms with E-state index >= 15 is 0 Å². The van der Waals surface area contributed by atoms with E-state index in [-0.39, 0.29) is 11.6 Å². The Morgan fingerprint density at radius 1 is 1.03 bits per heavy atom. The van der Waals surface area contributed by atoms with Gasteiger partial charge in [-0.15, -0.1) is 0 Å². The van der Waals surface area contributed by atoms with E-state index in [1.54, 1.807) is 19.1 Å². The monoisotopic (exact) mass is 418 g/mol. The van der Waals surface area contributed by atoms with Crippen molar-refractivity contribution in [2.75, 3.05) is 10.0 Å². The highest BCUT2D eigenvalue weighted by atomic mass is 32.2. The molecule has 7 nitrogen and oxygen atoms in total. The summed E-state index contributed by atoms with van der Waals surface area (Å²) in [5.41, 5.74) is 1.59. The van der Waals surface area contributed by atoms with E-state index in [0.717, 1.165) is 12.1 Å². The zero-order chi connectivity index (χ0) is 21.2. The Hall–Kier alpha value is -3.40. The lowest BCUT2D eigenvalue weighted by Gasteiger charge is -2.13. The van der Waals surface area contributed by atoms with Crippen LogP contribution in [0.3, 0.4) is 0 Å². The first-order valence-corrected chi connectivity index (χ1v) is 9.82. The normalized spacial score (nSPS) is 11.2. The quantitative estimate of drug-likeness (QED) is 0.661. The fraction of sp³-hybridized carbons (Fsp3) is 0.105. The number of carbonyl (C=O) groups excluding carboxylic acids is 1. The molecular weight excluding hydrogens is 402 g/mol. The number of halogens is 2. The maximum atomic E-state index is 13.9. The van der Waals surface area contributed by atoms with Crippen LogP contribution in [0.1, 0.15) is 12.6 Å². The highest BCUT2D eigenvalue weighted by molar-refractivity contribution is 7.92. The van der Waals surface area contributed by atoms with Crippen LogP contribution in [0.25, 0.3) is 11.1 Å². The number of aryl methyl sites for hydroxylation is 1. The van der Waals surface area contributed by atoms with Crippen molar-refractivity contribution in [1.29, 1.82) is 0 Å². The number of benzene rings is 1. The van der Waals surface area contributed by atoms with Crippen LogP contribution < -0.4 is 10.0 Å². The maximum absolute atomic E-state index is 13.9. The Morgan fingerprint density at radius 3 is 2.52 bits per heavy atom. The van der Waals surface area contributed by atoms with Crippen LogP contribution in [0.15, 0.2) is 53.7 Å². The Kier molecular flexibility index (Phi) is 5.55. The number of aromatic nitrogens is 2. The second kappa shape index (κ2) is 7.92. The average molecular weight is 418 g/mol. The highest BCUT2D eigenvalue weighted by Gasteiger charge is 2.21. The average Bonchev–Trinajstić information content (AvgIpc) is 2.65. The first-order valence-electron chi connectivity index (χ1n) is 8.34. The van der Waals surface area contributed by atoms with E-state index in [0.29, 0.717) is 28.7 Å². The van der Waals surface area contributed by atoms with Crippen molar-refractivity contribution in [2.24, 2.45) is 0 Å². The van der Waals surface area contributed by atoms with E-state index in [4.69, 9.17) is 0 Å². The summed E-state index contributed by atoms with van der Waals surface area (Å²) in [7, 11) is -4.39. The largest absolute Gasteiger partial charge is 0.311 e. The molecule has 0 bridgehead atoms. The molecule has 1 amide bonds. The van der Waals surface area contributed by atoms with Gasteiger partial charge in [-0.3, -0.25) is 14.5 Å². The summed E-state index contributed by atoms with van der Waals surface area (Å²) in [5.74, 6) is -1.92. The number of carbonyl (C=O) groups is 1. The molecule has 0 unspecified atom stereocenters. The molecule has 0 spiro atoms. The van der Waals surface area contributed by atoms with Crippen LogP contribution >= 0.6 is 0 Å². The van der Waals surface area contributed by atoms with E-state index in [9.17, 15) is 22.0 Å². The third kappa shape index (κ3) is 4.72. The van der Waals surface area contributed by atoms with Gasteiger partial charge in [-0.1, -0.05) is 0 Å². The number of pyridine rings is 2. The van der Waals surface area contributed by atoms with Crippen molar-refractivity contribution in [3.63, 3.8) is 0 Å². The van der Waals surface area contributed by atoms with Crippen LogP contribution in [0.2, 0.25) is 0 Å². The van der Waals surface area contributed by atoms with Crippen LogP contribution in [0, 0.1) is 18.6 Å². The van der Waals surface area contributed by atoms with Crippen molar-refractivity contribution in [1.82, 2.24) is 9.97 Å². The molecular formula is C19H16F2N4O3S. The smallest absolute Gasteiger partial charge is 0.264 e. The van der Waals surface area contributed by atoms with E-state index in [2.05, 4.69) is 20.0 Å². The van der Waals surface area contributed by atoms with Gasteiger partial charge in [0.15, 0.2) is 0 Å². The molecule has 29 heavy (non-hydrogen) atoms. The summed E-state index contributed by atoms with van der Waals surface area (Å²) in [6.07, 6.45) is 3.00. The number of sulfonamides is 1. The summed E-state index contributed by atoms with van der Waals surface area (Å²) in [5, 5.41) is 2.55. The minimum absolute atomic E-state index is 0.101. The molecule has 0 aliphatic carbocycles. The number of hydrogen-bond donors (Lipinski definition) is 2. The minimum Gasteiger partial charge on any atom is -0.311 e. The molecule has 2 N–H and O–H groups in total. The third-order valence-electron chi connectivity index (χ3n) is 3.91. The molecule has 0 radical (unpaired) electrons. The summed E-state index contributed by atoms with van der Waals surface area (Å²) < 4.78 is 54.7. The Morgan fingerprint density at radius 2 is 1.79 bits per heavy atom. The Bertz CT molecular complexity index is 1200. The minimum atomic E-state index is -4.39. The lowest BCUT2D eigenvalue weighted by molar-refractivity contribution is -0.114. The Balaban J connectivity index is 1.98. The third-order valence-corrected chi connectivity index (χ3v) is 5.29. The number of rotatable bonds is 5.